The Bertz CT molecular complexity index is 933. The van der Waals surface area contributed by atoms with E-state index in [1.807, 2.05) is 7.05 Å². The van der Waals surface area contributed by atoms with Crippen molar-refractivity contribution in [1.82, 2.24) is 25.0 Å². The first-order chi connectivity index (χ1) is 16.1. The highest BCUT2D eigenvalue weighted by Gasteiger charge is 2.38. The lowest BCUT2D eigenvalue weighted by molar-refractivity contribution is -0.113. The highest BCUT2D eigenvalue weighted by atomic mass is 32.2. The van der Waals surface area contributed by atoms with Crippen molar-refractivity contribution < 1.29 is 9.59 Å². The topological polar surface area (TPSA) is 92.1 Å². The van der Waals surface area contributed by atoms with Gasteiger partial charge < -0.3 is 15.2 Å². The van der Waals surface area contributed by atoms with Gasteiger partial charge in [0.2, 0.25) is 5.91 Å². The quantitative estimate of drug-likeness (QED) is 0.574. The van der Waals surface area contributed by atoms with E-state index in [2.05, 4.69) is 25.7 Å². The molecule has 1 saturated heterocycles. The zero-order valence-electron chi connectivity index (χ0n) is 19.4. The summed E-state index contributed by atoms with van der Waals surface area (Å²) in [7, 11) is 1.84. The van der Waals surface area contributed by atoms with Gasteiger partial charge in [0.25, 0.3) is 5.91 Å². The molecule has 1 aliphatic carbocycles. The van der Waals surface area contributed by atoms with E-state index in [1.54, 1.807) is 35.2 Å². The molecule has 0 unspecified atom stereocenters. The van der Waals surface area contributed by atoms with E-state index in [1.165, 1.54) is 63.1 Å². The minimum Gasteiger partial charge on any atom is -0.350 e. The highest BCUT2D eigenvalue weighted by Crippen LogP contribution is 2.35. The molecule has 1 saturated carbocycles. The third-order valence-corrected chi connectivity index (χ3v) is 7.86. The number of thioether (sulfide) groups is 1. The van der Waals surface area contributed by atoms with Gasteiger partial charge in [0.1, 0.15) is 6.33 Å². The normalized spacial score (nSPS) is 18.6. The summed E-state index contributed by atoms with van der Waals surface area (Å²) in [4.78, 5) is 27.8. The first-order valence-corrected chi connectivity index (χ1v) is 12.9. The predicted molar refractivity (Wildman–Crippen MR) is 130 cm³/mol. The van der Waals surface area contributed by atoms with Crippen LogP contribution in [0.4, 0.5) is 5.69 Å². The average molecular weight is 471 g/mol. The fraction of sp³-hybridized carbons (Fsp3) is 0.583. The molecular formula is C24H34N6O2S. The Hall–Kier alpha value is -2.39. The number of rotatable bonds is 8. The second-order valence-electron chi connectivity index (χ2n) is 9.15. The van der Waals surface area contributed by atoms with Crippen molar-refractivity contribution in [3.05, 3.63) is 36.2 Å². The van der Waals surface area contributed by atoms with Crippen molar-refractivity contribution in [3.8, 4) is 0 Å². The van der Waals surface area contributed by atoms with Crippen molar-refractivity contribution in [2.45, 2.75) is 62.1 Å². The summed E-state index contributed by atoms with van der Waals surface area (Å²) < 4.78 is 1.77. The third kappa shape index (κ3) is 6.14. The van der Waals surface area contributed by atoms with Gasteiger partial charge in [-0.25, -0.2) is 0 Å². The number of benzene rings is 1. The van der Waals surface area contributed by atoms with Crippen LogP contribution in [0.2, 0.25) is 0 Å². The minimum absolute atomic E-state index is 0.0485. The second kappa shape index (κ2) is 11.2. The van der Waals surface area contributed by atoms with Crippen LogP contribution in [-0.2, 0) is 11.8 Å². The number of nitrogens with one attached hydrogen (secondary N) is 2. The van der Waals surface area contributed by atoms with E-state index in [9.17, 15) is 9.59 Å². The lowest BCUT2D eigenvalue weighted by Crippen LogP contribution is -2.58. The molecule has 4 rings (SSSR count). The van der Waals surface area contributed by atoms with Crippen LogP contribution in [-0.4, -0.2) is 62.4 Å². The molecular weight excluding hydrogens is 436 g/mol. The maximum atomic E-state index is 12.9. The van der Waals surface area contributed by atoms with Crippen molar-refractivity contribution in [3.63, 3.8) is 0 Å². The maximum absolute atomic E-state index is 12.9. The molecule has 1 aliphatic heterocycles. The van der Waals surface area contributed by atoms with Gasteiger partial charge in [0.15, 0.2) is 5.16 Å². The number of hydrogen-bond acceptors (Lipinski definition) is 6. The number of likely N-dealkylation sites (tertiary alicyclic amines) is 1. The van der Waals surface area contributed by atoms with Gasteiger partial charge in [-0.05, 0) is 63.0 Å². The molecule has 0 atom stereocenters. The average Bonchev–Trinajstić information content (AvgIpc) is 3.27. The molecule has 33 heavy (non-hydrogen) atoms. The lowest BCUT2D eigenvalue weighted by atomic mass is 9.79. The molecule has 0 radical (unpaired) electrons. The summed E-state index contributed by atoms with van der Waals surface area (Å²) in [6.07, 6.45) is 11.6. The Morgan fingerprint density at radius 3 is 2.39 bits per heavy atom. The van der Waals surface area contributed by atoms with Crippen LogP contribution >= 0.6 is 11.8 Å². The molecule has 2 fully saturated rings. The van der Waals surface area contributed by atoms with Gasteiger partial charge in [-0.3, -0.25) is 14.5 Å². The SMILES string of the molecule is Cn1cnnc1SCC(=O)Nc1ccc(C(=O)NCC2(N3CCCCC3)CCCCC2)cc1. The number of nitrogens with zero attached hydrogens (tertiary/aromatic N) is 4. The van der Waals surface area contributed by atoms with E-state index < -0.39 is 0 Å². The van der Waals surface area contributed by atoms with Crippen molar-refractivity contribution >= 4 is 29.3 Å². The van der Waals surface area contributed by atoms with Crippen LogP contribution in [0.15, 0.2) is 35.7 Å². The Kier molecular flexibility index (Phi) is 8.03. The van der Waals surface area contributed by atoms with Crippen molar-refractivity contribution in [2.24, 2.45) is 7.05 Å². The van der Waals surface area contributed by atoms with Crippen LogP contribution in [0.1, 0.15) is 61.7 Å². The Morgan fingerprint density at radius 1 is 1.03 bits per heavy atom. The van der Waals surface area contributed by atoms with Crippen molar-refractivity contribution in [1.29, 1.82) is 0 Å². The van der Waals surface area contributed by atoms with Crippen LogP contribution in [0.5, 0.6) is 0 Å². The predicted octanol–water partition coefficient (Wildman–Crippen LogP) is 3.46. The Labute approximate surface area is 199 Å². The number of piperidine rings is 1. The number of aromatic nitrogens is 3. The smallest absolute Gasteiger partial charge is 0.251 e. The van der Waals surface area contributed by atoms with Crippen LogP contribution < -0.4 is 10.6 Å². The number of carbonyl (C=O) groups is 2. The van der Waals surface area contributed by atoms with E-state index in [4.69, 9.17) is 0 Å². The largest absolute Gasteiger partial charge is 0.350 e. The Balaban J connectivity index is 1.29. The van der Waals surface area contributed by atoms with Crippen LogP contribution in [0, 0.1) is 0 Å². The van der Waals surface area contributed by atoms with E-state index >= 15 is 0 Å². The zero-order chi connectivity index (χ0) is 23.1. The van der Waals surface area contributed by atoms with Gasteiger partial charge in [-0.2, -0.15) is 0 Å². The fourth-order valence-corrected chi connectivity index (χ4v) is 5.65. The number of anilines is 1. The highest BCUT2D eigenvalue weighted by molar-refractivity contribution is 7.99. The molecule has 178 valence electrons. The summed E-state index contributed by atoms with van der Waals surface area (Å²) in [5, 5.41) is 14.5. The lowest BCUT2D eigenvalue weighted by Gasteiger charge is -2.48. The molecule has 2 N–H and O–H groups in total. The summed E-state index contributed by atoms with van der Waals surface area (Å²) in [6, 6.07) is 7.10. The second-order valence-corrected chi connectivity index (χ2v) is 10.1. The van der Waals surface area contributed by atoms with Gasteiger partial charge in [0, 0.05) is 30.4 Å². The van der Waals surface area contributed by atoms with E-state index in [0.717, 1.165) is 13.1 Å². The Morgan fingerprint density at radius 2 is 1.73 bits per heavy atom. The van der Waals surface area contributed by atoms with Gasteiger partial charge in [-0.1, -0.05) is 37.4 Å². The van der Waals surface area contributed by atoms with E-state index in [0.29, 0.717) is 23.0 Å². The molecule has 0 bridgehead atoms. The molecule has 8 nitrogen and oxygen atoms in total. The molecule has 2 aromatic rings. The monoisotopic (exact) mass is 470 g/mol. The molecule has 2 aliphatic rings. The molecule has 2 amide bonds. The molecule has 0 spiro atoms. The molecule has 9 heteroatoms. The summed E-state index contributed by atoms with van der Waals surface area (Å²) in [5.74, 6) is 0.0709. The zero-order valence-corrected chi connectivity index (χ0v) is 20.2. The van der Waals surface area contributed by atoms with E-state index in [-0.39, 0.29) is 23.1 Å². The third-order valence-electron chi connectivity index (χ3n) is 6.82. The minimum atomic E-state index is -0.124. The summed E-state index contributed by atoms with van der Waals surface area (Å²) in [6.45, 7) is 3.02. The number of hydrogen-bond donors (Lipinski definition) is 2. The molecule has 1 aromatic carbocycles. The van der Waals surface area contributed by atoms with Crippen LogP contribution in [0.25, 0.3) is 0 Å². The van der Waals surface area contributed by atoms with Gasteiger partial charge in [0.05, 0.1) is 5.75 Å². The van der Waals surface area contributed by atoms with Crippen LogP contribution in [0.3, 0.4) is 0 Å². The summed E-state index contributed by atoms with van der Waals surface area (Å²) in [5.41, 5.74) is 1.40. The number of aryl methyl sites for hydroxylation is 1. The summed E-state index contributed by atoms with van der Waals surface area (Å²) >= 11 is 1.33. The molecule has 2 heterocycles. The van der Waals surface area contributed by atoms with Crippen molar-refractivity contribution in [2.75, 3.05) is 30.7 Å². The first kappa shape index (κ1) is 23.8. The maximum Gasteiger partial charge on any atom is 0.251 e. The van der Waals surface area contributed by atoms with Gasteiger partial charge in [-0.15, -0.1) is 10.2 Å². The van der Waals surface area contributed by atoms with Gasteiger partial charge >= 0.3 is 0 Å². The number of carbonyl (C=O) groups excluding carboxylic acids is 2. The molecule has 1 aromatic heterocycles. The number of amides is 2. The fourth-order valence-electron chi connectivity index (χ4n) is 4.97. The first-order valence-electron chi connectivity index (χ1n) is 12.0. The standard InChI is InChI=1S/C24H34N6O2S/c1-29-18-26-28-23(29)33-16-21(31)27-20-10-8-19(9-11-20)22(32)25-17-24(12-4-2-5-13-24)30-14-6-3-7-15-30/h8-11,18H,2-7,12-17H2,1H3,(H,25,32)(H,27,31).